The van der Waals surface area contributed by atoms with Crippen molar-refractivity contribution in [1.82, 2.24) is 0 Å². The molecule has 0 aliphatic carbocycles. The van der Waals surface area contributed by atoms with Gasteiger partial charge in [-0.25, -0.2) is 10.3 Å². The van der Waals surface area contributed by atoms with Crippen LogP contribution < -0.4 is 10.8 Å². The molecule has 0 saturated carbocycles. The van der Waals surface area contributed by atoms with Crippen LogP contribution in [0.1, 0.15) is 5.56 Å². The predicted octanol–water partition coefficient (Wildman–Crippen LogP) is 1.32. The third-order valence-corrected chi connectivity index (χ3v) is 2.01. The average Bonchev–Trinajstić information content (AvgIpc) is 2.14. The van der Waals surface area contributed by atoms with Crippen molar-refractivity contribution in [2.75, 3.05) is 25.6 Å². The lowest BCUT2D eigenvalue weighted by Crippen LogP contribution is -2.15. The van der Waals surface area contributed by atoms with Crippen LogP contribution in [-0.2, 0) is 11.3 Å². The second-order valence-corrected chi connectivity index (χ2v) is 3.26. The highest BCUT2D eigenvalue weighted by Crippen LogP contribution is 2.22. The van der Waals surface area contributed by atoms with Crippen molar-refractivity contribution in [3.63, 3.8) is 0 Å². The topological polar surface area (TPSA) is 38.5 Å². The van der Waals surface area contributed by atoms with Gasteiger partial charge in [-0.2, -0.15) is 0 Å². The smallest absolute Gasteiger partial charge is 0.146 e. The van der Waals surface area contributed by atoms with E-state index >= 15 is 0 Å². The van der Waals surface area contributed by atoms with Gasteiger partial charge in [-0.1, -0.05) is 12.1 Å². The first-order valence-electron chi connectivity index (χ1n) is 4.43. The van der Waals surface area contributed by atoms with Crippen molar-refractivity contribution in [2.24, 2.45) is 5.90 Å². The third kappa shape index (κ3) is 2.43. The molecule has 0 aromatic heterocycles. The van der Waals surface area contributed by atoms with Crippen LogP contribution in [0.15, 0.2) is 18.2 Å². The summed E-state index contributed by atoms with van der Waals surface area (Å²) in [6.07, 6.45) is 0.613. The monoisotopic (exact) mass is 198 g/mol. The van der Waals surface area contributed by atoms with Gasteiger partial charge in [0.2, 0.25) is 0 Å². The number of hydrogen-bond donors (Lipinski definition) is 1. The summed E-state index contributed by atoms with van der Waals surface area (Å²) in [5.41, 5.74) is 1.50. The van der Waals surface area contributed by atoms with E-state index in [1.165, 1.54) is 6.07 Å². The second-order valence-electron chi connectivity index (χ2n) is 3.26. The molecule has 0 radical (unpaired) electrons. The van der Waals surface area contributed by atoms with Gasteiger partial charge in [0.1, 0.15) is 5.82 Å². The molecular weight excluding hydrogens is 183 g/mol. The Kier molecular flexibility index (Phi) is 3.85. The van der Waals surface area contributed by atoms with Crippen LogP contribution in [0.2, 0.25) is 0 Å². The Labute approximate surface area is 83.2 Å². The SMILES string of the molecule is CN(C)c1c(F)cccc1CCON. The number of halogens is 1. The highest BCUT2D eigenvalue weighted by molar-refractivity contribution is 5.53. The van der Waals surface area contributed by atoms with Crippen molar-refractivity contribution in [3.05, 3.63) is 29.6 Å². The van der Waals surface area contributed by atoms with Crippen molar-refractivity contribution in [3.8, 4) is 0 Å². The minimum Gasteiger partial charge on any atom is -0.375 e. The molecule has 0 fully saturated rings. The maximum Gasteiger partial charge on any atom is 0.146 e. The van der Waals surface area contributed by atoms with Gasteiger partial charge in [0.05, 0.1) is 12.3 Å². The van der Waals surface area contributed by atoms with E-state index in [-0.39, 0.29) is 5.82 Å². The summed E-state index contributed by atoms with van der Waals surface area (Å²) in [5, 5.41) is 0. The van der Waals surface area contributed by atoms with Gasteiger partial charge in [0, 0.05) is 14.1 Å². The number of nitrogens with two attached hydrogens (primary N) is 1. The van der Waals surface area contributed by atoms with E-state index in [9.17, 15) is 4.39 Å². The van der Waals surface area contributed by atoms with Crippen molar-refractivity contribution >= 4 is 5.69 Å². The van der Waals surface area contributed by atoms with Gasteiger partial charge in [-0.15, -0.1) is 0 Å². The molecule has 0 aliphatic rings. The van der Waals surface area contributed by atoms with E-state index in [0.717, 1.165) is 5.56 Å². The highest BCUT2D eigenvalue weighted by atomic mass is 19.1. The van der Waals surface area contributed by atoms with Gasteiger partial charge in [-0.3, -0.25) is 0 Å². The lowest BCUT2D eigenvalue weighted by atomic mass is 10.1. The van der Waals surface area contributed by atoms with Crippen LogP contribution in [-0.4, -0.2) is 20.7 Å². The molecular formula is C10H15FN2O. The van der Waals surface area contributed by atoms with Crippen LogP contribution in [0.4, 0.5) is 10.1 Å². The zero-order valence-corrected chi connectivity index (χ0v) is 8.46. The zero-order chi connectivity index (χ0) is 10.6. The van der Waals surface area contributed by atoms with Crippen molar-refractivity contribution in [1.29, 1.82) is 0 Å². The summed E-state index contributed by atoms with van der Waals surface area (Å²) in [6.45, 7) is 0.393. The first kappa shape index (κ1) is 10.9. The minimum absolute atomic E-state index is 0.218. The van der Waals surface area contributed by atoms with E-state index in [1.807, 2.05) is 20.2 Å². The Morgan fingerprint density at radius 3 is 2.71 bits per heavy atom. The number of rotatable bonds is 4. The molecule has 0 unspecified atom stereocenters. The predicted molar refractivity (Wildman–Crippen MR) is 54.6 cm³/mol. The van der Waals surface area contributed by atoms with Crippen molar-refractivity contribution in [2.45, 2.75) is 6.42 Å². The fourth-order valence-electron chi connectivity index (χ4n) is 1.43. The van der Waals surface area contributed by atoms with E-state index < -0.39 is 0 Å². The number of nitrogens with zero attached hydrogens (tertiary/aromatic N) is 1. The molecule has 1 aromatic carbocycles. The van der Waals surface area contributed by atoms with Crippen LogP contribution in [0, 0.1) is 5.82 Å². The Morgan fingerprint density at radius 1 is 1.43 bits per heavy atom. The van der Waals surface area contributed by atoms with Crippen LogP contribution in [0.3, 0.4) is 0 Å². The van der Waals surface area contributed by atoms with Crippen LogP contribution in [0.5, 0.6) is 0 Å². The first-order chi connectivity index (χ1) is 6.66. The molecule has 14 heavy (non-hydrogen) atoms. The van der Waals surface area contributed by atoms with Gasteiger partial charge in [0.15, 0.2) is 0 Å². The molecule has 0 heterocycles. The number of benzene rings is 1. The van der Waals surface area contributed by atoms with Gasteiger partial charge < -0.3 is 9.74 Å². The molecule has 1 aromatic rings. The highest BCUT2D eigenvalue weighted by Gasteiger charge is 2.09. The Morgan fingerprint density at radius 2 is 2.14 bits per heavy atom. The third-order valence-electron chi connectivity index (χ3n) is 2.01. The molecule has 2 N–H and O–H groups in total. The summed E-state index contributed by atoms with van der Waals surface area (Å²) >= 11 is 0. The number of hydrogen-bond acceptors (Lipinski definition) is 3. The summed E-state index contributed by atoms with van der Waals surface area (Å²) in [4.78, 5) is 6.23. The summed E-state index contributed by atoms with van der Waals surface area (Å²) in [5.74, 6) is 4.72. The summed E-state index contributed by atoms with van der Waals surface area (Å²) in [6, 6.07) is 5.01. The summed E-state index contributed by atoms with van der Waals surface area (Å²) < 4.78 is 13.4. The average molecular weight is 198 g/mol. The molecule has 0 bridgehead atoms. The molecule has 1 rings (SSSR count). The van der Waals surface area contributed by atoms with Gasteiger partial charge >= 0.3 is 0 Å². The fraction of sp³-hybridized carbons (Fsp3) is 0.400. The van der Waals surface area contributed by atoms with Crippen LogP contribution >= 0.6 is 0 Å². The van der Waals surface area contributed by atoms with E-state index in [4.69, 9.17) is 5.90 Å². The molecule has 0 atom stereocenters. The standard InChI is InChI=1S/C10H15FN2O/c1-13(2)10-8(6-7-14-12)4-3-5-9(10)11/h3-5H,6-7,12H2,1-2H3. The molecule has 4 heteroatoms. The van der Waals surface area contributed by atoms with Crippen LogP contribution in [0.25, 0.3) is 0 Å². The molecule has 0 spiro atoms. The maximum absolute atomic E-state index is 13.4. The van der Waals surface area contributed by atoms with Gasteiger partial charge in [-0.05, 0) is 18.1 Å². The Hall–Kier alpha value is -1.13. The Balaban J connectivity index is 2.96. The first-order valence-corrected chi connectivity index (χ1v) is 4.43. The number of para-hydroxylation sites is 1. The lowest BCUT2D eigenvalue weighted by molar-refractivity contribution is 0.141. The van der Waals surface area contributed by atoms with E-state index in [0.29, 0.717) is 18.7 Å². The minimum atomic E-state index is -0.218. The fourth-order valence-corrected chi connectivity index (χ4v) is 1.43. The summed E-state index contributed by atoms with van der Waals surface area (Å²) in [7, 11) is 3.62. The molecule has 0 amide bonds. The maximum atomic E-state index is 13.4. The van der Waals surface area contributed by atoms with E-state index in [2.05, 4.69) is 4.84 Å². The second kappa shape index (κ2) is 4.93. The van der Waals surface area contributed by atoms with Gasteiger partial charge in [0.25, 0.3) is 0 Å². The van der Waals surface area contributed by atoms with E-state index in [1.54, 1.807) is 11.0 Å². The van der Waals surface area contributed by atoms with Crippen molar-refractivity contribution < 1.29 is 9.23 Å². The molecule has 3 nitrogen and oxygen atoms in total. The number of anilines is 1. The lowest BCUT2D eigenvalue weighted by Gasteiger charge is -2.17. The molecule has 0 aliphatic heterocycles. The largest absolute Gasteiger partial charge is 0.375 e. The zero-order valence-electron chi connectivity index (χ0n) is 8.46. The molecule has 0 saturated heterocycles. The quantitative estimate of drug-likeness (QED) is 0.742. The normalized spacial score (nSPS) is 10.3. The Bertz CT molecular complexity index is 302. The molecule has 78 valence electrons.